The third-order valence-electron chi connectivity index (χ3n) is 3.46. The largest absolute Gasteiger partial charge is 0.481 e. The first-order chi connectivity index (χ1) is 9.78. The molecule has 1 aromatic carbocycles. The number of ether oxygens (including phenoxy) is 1. The molecule has 0 bridgehead atoms. The van der Waals surface area contributed by atoms with Gasteiger partial charge in [0, 0.05) is 19.0 Å². The molecule has 0 saturated carbocycles. The van der Waals surface area contributed by atoms with Crippen LogP contribution in [-0.2, 0) is 9.53 Å². The van der Waals surface area contributed by atoms with Crippen LogP contribution in [0.5, 0.6) is 0 Å². The minimum atomic E-state index is -0.852. The zero-order chi connectivity index (χ0) is 15.6. The number of carboxylic acids is 1. The summed E-state index contributed by atoms with van der Waals surface area (Å²) in [6.07, 6.45) is -0.379. The molecule has 1 fully saturated rings. The number of carbonyl (C=O) groups is 2. The van der Waals surface area contributed by atoms with Crippen molar-refractivity contribution in [2.75, 3.05) is 13.1 Å². The van der Waals surface area contributed by atoms with Crippen LogP contribution in [0.1, 0.15) is 32.3 Å². The van der Waals surface area contributed by atoms with Gasteiger partial charge in [0.05, 0.1) is 5.92 Å². The van der Waals surface area contributed by atoms with E-state index in [1.165, 1.54) is 0 Å². The highest BCUT2D eigenvalue weighted by Crippen LogP contribution is 2.33. The normalized spacial score (nSPS) is 17.0. The number of carbonyl (C=O) groups excluding carboxylic acids is 1. The molecule has 2 rings (SSSR count). The van der Waals surface area contributed by atoms with Crippen molar-refractivity contribution in [3.8, 4) is 0 Å². The van der Waals surface area contributed by atoms with Gasteiger partial charge >= 0.3 is 12.1 Å². The summed E-state index contributed by atoms with van der Waals surface area (Å²) in [5, 5.41) is 9.44. The first-order valence-corrected chi connectivity index (χ1v) is 7.03. The molecule has 1 N–H and O–H groups in total. The van der Waals surface area contributed by atoms with Crippen molar-refractivity contribution in [1.29, 1.82) is 0 Å². The number of benzene rings is 1. The highest BCUT2D eigenvalue weighted by Gasteiger charge is 2.41. The summed E-state index contributed by atoms with van der Waals surface area (Å²) in [7, 11) is 0. The lowest BCUT2D eigenvalue weighted by Crippen LogP contribution is -2.54. The first-order valence-electron chi connectivity index (χ1n) is 7.03. The Morgan fingerprint density at radius 3 is 2.29 bits per heavy atom. The van der Waals surface area contributed by atoms with E-state index in [0.717, 1.165) is 5.56 Å². The van der Waals surface area contributed by atoms with Crippen molar-refractivity contribution in [3.05, 3.63) is 35.9 Å². The lowest BCUT2D eigenvalue weighted by molar-refractivity contribution is -0.142. The fourth-order valence-electron chi connectivity index (χ4n) is 2.48. The molecule has 1 saturated heterocycles. The van der Waals surface area contributed by atoms with E-state index in [0.29, 0.717) is 13.1 Å². The molecule has 0 spiro atoms. The van der Waals surface area contributed by atoms with Gasteiger partial charge in [-0.1, -0.05) is 30.3 Å². The van der Waals surface area contributed by atoms with Crippen LogP contribution in [0.25, 0.3) is 0 Å². The minimum Gasteiger partial charge on any atom is -0.481 e. The highest BCUT2D eigenvalue weighted by molar-refractivity contribution is 5.77. The molecule has 1 atom stereocenters. The van der Waals surface area contributed by atoms with E-state index in [4.69, 9.17) is 4.74 Å². The average Bonchev–Trinajstić information content (AvgIpc) is 2.31. The summed E-state index contributed by atoms with van der Waals surface area (Å²) in [6.45, 7) is 6.27. The van der Waals surface area contributed by atoms with E-state index < -0.39 is 17.5 Å². The number of aliphatic carboxylic acids is 1. The Morgan fingerprint density at radius 1 is 1.24 bits per heavy atom. The molecule has 1 amide bonds. The maximum absolute atomic E-state index is 11.9. The molecule has 114 valence electrons. The summed E-state index contributed by atoms with van der Waals surface area (Å²) >= 11 is 0. The fourth-order valence-corrected chi connectivity index (χ4v) is 2.48. The first kappa shape index (κ1) is 15.4. The Morgan fingerprint density at radius 2 is 1.81 bits per heavy atom. The molecule has 1 aromatic rings. The van der Waals surface area contributed by atoms with Gasteiger partial charge in [-0.15, -0.1) is 0 Å². The predicted octanol–water partition coefficient (Wildman–Crippen LogP) is 2.72. The van der Waals surface area contributed by atoms with Gasteiger partial charge in [0.1, 0.15) is 5.60 Å². The van der Waals surface area contributed by atoms with Gasteiger partial charge < -0.3 is 14.7 Å². The number of amides is 1. The number of carboxylic acid groups (broad SMARTS) is 1. The van der Waals surface area contributed by atoms with Crippen LogP contribution in [0.15, 0.2) is 30.3 Å². The molecule has 0 aliphatic carbocycles. The third kappa shape index (κ3) is 3.74. The van der Waals surface area contributed by atoms with E-state index in [1.807, 2.05) is 51.1 Å². The molecule has 5 nitrogen and oxygen atoms in total. The molecule has 21 heavy (non-hydrogen) atoms. The average molecular weight is 291 g/mol. The maximum Gasteiger partial charge on any atom is 0.410 e. The third-order valence-corrected chi connectivity index (χ3v) is 3.46. The van der Waals surface area contributed by atoms with Crippen LogP contribution in [0.2, 0.25) is 0 Å². The molecule has 0 aromatic heterocycles. The molecule has 1 heterocycles. The second-order valence-corrected chi connectivity index (χ2v) is 6.37. The number of hydrogen-bond donors (Lipinski definition) is 1. The van der Waals surface area contributed by atoms with E-state index in [1.54, 1.807) is 4.90 Å². The molecule has 1 aliphatic heterocycles. The Balaban J connectivity index is 1.98. The molecule has 1 aliphatic rings. The van der Waals surface area contributed by atoms with Gasteiger partial charge in [-0.2, -0.15) is 0 Å². The van der Waals surface area contributed by atoms with Crippen molar-refractivity contribution in [2.24, 2.45) is 5.92 Å². The maximum atomic E-state index is 11.9. The zero-order valence-corrected chi connectivity index (χ0v) is 12.6. The molecule has 5 heteroatoms. The Hall–Kier alpha value is -2.04. The highest BCUT2D eigenvalue weighted by atomic mass is 16.6. The Labute approximate surface area is 124 Å². The van der Waals surface area contributed by atoms with Gasteiger partial charge in [-0.05, 0) is 26.3 Å². The number of hydrogen-bond acceptors (Lipinski definition) is 3. The van der Waals surface area contributed by atoms with Gasteiger partial charge in [-0.25, -0.2) is 4.79 Å². The quantitative estimate of drug-likeness (QED) is 0.930. The monoisotopic (exact) mass is 291 g/mol. The summed E-state index contributed by atoms with van der Waals surface area (Å²) in [6, 6.07) is 9.14. The van der Waals surface area contributed by atoms with Gasteiger partial charge in [0.15, 0.2) is 0 Å². The predicted molar refractivity (Wildman–Crippen MR) is 78.1 cm³/mol. The molecule has 0 radical (unpaired) electrons. The Bertz CT molecular complexity index is 515. The van der Waals surface area contributed by atoms with Gasteiger partial charge in [0.25, 0.3) is 0 Å². The SMILES string of the molecule is CC(C)(C)OC(=O)N1CC(C(C(=O)O)c2ccccc2)C1. The van der Waals surface area contributed by atoms with Crippen LogP contribution >= 0.6 is 0 Å². The van der Waals surface area contributed by atoms with Gasteiger partial charge in [0.2, 0.25) is 0 Å². The topological polar surface area (TPSA) is 66.8 Å². The fraction of sp³-hybridized carbons (Fsp3) is 0.500. The van der Waals surface area contributed by atoms with Crippen LogP contribution in [0.4, 0.5) is 4.79 Å². The smallest absolute Gasteiger partial charge is 0.410 e. The van der Waals surface area contributed by atoms with Crippen molar-refractivity contribution < 1.29 is 19.4 Å². The number of nitrogens with zero attached hydrogens (tertiary/aromatic N) is 1. The van der Waals surface area contributed by atoms with Gasteiger partial charge in [-0.3, -0.25) is 4.79 Å². The lowest BCUT2D eigenvalue weighted by atomic mass is 9.81. The van der Waals surface area contributed by atoms with E-state index in [2.05, 4.69) is 0 Å². The van der Waals surface area contributed by atoms with Crippen molar-refractivity contribution in [2.45, 2.75) is 32.3 Å². The molecule has 1 unspecified atom stereocenters. The van der Waals surface area contributed by atoms with Crippen molar-refractivity contribution in [1.82, 2.24) is 4.90 Å². The van der Waals surface area contributed by atoms with Crippen molar-refractivity contribution >= 4 is 12.1 Å². The summed E-state index contributed by atoms with van der Waals surface area (Å²) in [5.74, 6) is -1.50. The summed E-state index contributed by atoms with van der Waals surface area (Å²) in [5.41, 5.74) is 0.243. The summed E-state index contributed by atoms with van der Waals surface area (Å²) in [4.78, 5) is 24.9. The lowest BCUT2D eigenvalue weighted by Gasteiger charge is -2.42. The van der Waals surface area contributed by atoms with E-state index in [9.17, 15) is 14.7 Å². The standard InChI is InChI=1S/C16H21NO4/c1-16(2,3)21-15(20)17-9-12(10-17)13(14(18)19)11-7-5-4-6-8-11/h4-8,12-13H,9-10H2,1-3H3,(H,18,19). The second kappa shape index (κ2) is 5.76. The minimum absolute atomic E-state index is 0.0718. The Kier molecular flexibility index (Phi) is 4.21. The molecular formula is C16H21NO4. The van der Waals surface area contributed by atoms with Crippen LogP contribution < -0.4 is 0 Å². The van der Waals surface area contributed by atoms with E-state index >= 15 is 0 Å². The van der Waals surface area contributed by atoms with E-state index in [-0.39, 0.29) is 12.0 Å². The van der Waals surface area contributed by atoms with Crippen molar-refractivity contribution in [3.63, 3.8) is 0 Å². The van der Waals surface area contributed by atoms with Crippen LogP contribution in [0, 0.1) is 5.92 Å². The molecular weight excluding hydrogens is 270 g/mol. The number of likely N-dealkylation sites (tertiary alicyclic amines) is 1. The number of rotatable bonds is 3. The summed E-state index contributed by atoms with van der Waals surface area (Å²) < 4.78 is 5.28. The second-order valence-electron chi connectivity index (χ2n) is 6.37. The van der Waals surface area contributed by atoms with Crippen LogP contribution in [-0.4, -0.2) is 40.8 Å². The zero-order valence-electron chi connectivity index (χ0n) is 12.6. The van der Waals surface area contributed by atoms with Crippen LogP contribution in [0.3, 0.4) is 0 Å².